The van der Waals surface area contributed by atoms with E-state index in [9.17, 15) is 17.3 Å². The fourth-order valence-corrected chi connectivity index (χ4v) is 3.14. The smallest absolute Gasteiger partial charge is 0.418 e. The number of aryl methyl sites for hydroxylation is 1. The molecule has 0 N–H and O–H groups in total. The summed E-state index contributed by atoms with van der Waals surface area (Å²) in [4.78, 5) is 0. The summed E-state index contributed by atoms with van der Waals surface area (Å²) in [6, 6.07) is 0. The highest BCUT2D eigenvalue weighted by Crippen LogP contribution is 2.12. The third-order valence-electron chi connectivity index (χ3n) is 4.69. The van der Waals surface area contributed by atoms with Crippen LogP contribution in [0.25, 0.3) is 6.20 Å². The predicted octanol–water partition coefficient (Wildman–Crippen LogP) is 7.66. The average Bonchev–Trinajstić information content (AvgIpc) is 3.08. The number of nitrogens with zero attached hydrogens (tertiary/aromatic N) is 2. The summed E-state index contributed by atoms with van der Waals surface area (Å²) >= 11 is 0. The Balaban J connectivity index is 0.00000129. The van der Waals surface area contributed by atoms with E-state index in [1.54, 1.807) is 0 Å². The van der Waals surface area contributed by atoms with Gasteiger partial charge in [0.05, 0.1) is 12.7 Å². The van der Waals surface area contributed by atoms with Crippen LogP contribution in [0.2, 0.25) is 0 Å². The molecule has 0 spiro atoms. The maximum absolute atomic E-state index is 9.75. The van der Waals surface area contributed by atoms with E-state index in [2.05, 4.69) is 36.8 Å². The van der Waals surface area contributed by atoms with E-state index in [4.69, 9.17) is 0 Å². The number of imidazole rings is 1. The lowest BCUT2D eigenvalue weighted by atomic mass is 10.0. The second-order valence-corrected chi connectivity index (χ2v) is 7.37. The fraction of sp³-hybridized carbons (Fsp3) is 0.762. The van der Waals surface area contributed by atoms with Gasteiger partial charge in [0, 0.05) is 0 Å². The van der Waals surface area contributed by atoms with Gasteiger partial charge < -0.3 is 17.3 Å². The number of halogens is 4. The molecule has 28 heavy (non-hydrogen) atoms. The summed E-state index contributed by atoms with van der Waals surface area (Å²) in [7, 11) is -6.00. The molecule has 1 aromatic heterocycles. The minimum absolute atomic E-state index is 1.14. The third-order valence-corrected chi connectivity index (χ3v) is 4.69. The Morgan fingerprint density at radius 2 is 1.18 bits per heavy atom. The molecule has 164 valence electrons. The van der Waals surface area contributed by atoms with Crippen LogP contribution in [0.3, 0.4) is 0 Å². The summed E-state index contributed by atoms with van der Waals surface area (Å²) in [6.45, 7) is 7.19. The van der Waals surface area contributed by atoms with Crippen molar-refractivity contribution in [3.05, 3.63) is 25.3 Å². The number of unbranched alkanes of at least 4 members (excludes halogenated alkanes) is 13. The molecule has 0 saturated heterocycles. The number of rotatable bonds is 16. The first-order chi connectivity index (χ1) is 13.4. The summed E-state index contributed by atoms with van der Waals surface area (Å²) in [5.74, 6) is 0. The van der Waals surface area contributed by atoms with Gasteiger partial charge in [0.15, 0.2) is 0 Å². The minimum Gasteiger partial charge on any atom is -0.418 e. The van der Waals surface area contributed by atoms with E-state index >= 15 is 0 Å². The zero-order valence-electron chi connectivity index (χ0n) is 17.6. The van der Waals surface area contributed by atoms with Gasteiger partial charge in [-0.05, 0) is 12.8 Å². The Labute approximate surface area is 169 Å². The molecule has 2 nitrogen and oxygen atoms in total. The Kier molecular flexibility index (Phi) is 17.0. The van der Waals surface area contributed by atoms with Gasteiger partial charge in [0.2, 0.25) is 6.33 Å². The number of aromatic nitrogens is 2. The van der Waals surface area contributed by atoms with Crippen LogP contribution in [-0.2, 0) is 6.54 Å². The van der Waals surface area contributed by atoms with Crippen molar-refractivity contribution in [2.24, 2.45) is 0 Å². The molecule has 0 unspecified atom stereocenters. The minimum atomic E-state index is -6.00. The van der Waals surface area contributed by atoms with E-state index in [1.807, 2.05) is 10.8 Å². The molecule has 1 rings (SSSR count). The molecule has 0 aliphatic heterocycles. The van der Waals surface area contributed by atoms with Gasteiger partial charge in [0.1, 0.15) is 12.4 Å². The van der Waals surface area contributed by atoms with Crippen LogP contribution in [0, 0.1) is 0 Å². The molecule has 0 aliphatic carbocycles. The highest BCUT2D eigenvalue weighted by Gasteiger charge is 2.20. The molecule has 1 heterocycles. The normalized spacial score (nSPS) is 11.2. The second kappa shape index (κ2) is 17.8. The Bertz CT molecular complexity index is 469. The molecular weight excluding hydrogens is 367 g/mol. The molecular formula is C21H39BF4N2. The molecule has 1 aromatic rings. The second-order valence-electron chi connectivity index (χ2n) is 7.37. The first-order valence-electron chi connectivity index (χ1n) is 10.9. The van der Waals surface area contributed by atoms with Crippen molar-refractivity contribution >= 4 is 13.5 Å². The summed E-state index contributed by atoms with van der Waals surface area (Å²) in [5, 5.41) is 0. The van der Waals surface area contributed by atoms with Crippen molar-refractivity contribution in [2.75, 3.05) is 0 Å². The van der Waals surface area contributed by atoms with Crippen LogP contribution >= 0.6 is 0 Å². The standard InChI is InChI=1S/C21H39N2.BF4/c1-3-5-6-7-8-9-10-11-12-13-14-15-16-17-18-23-20-19-22(4-2)21-23;2-1(3,4)5/h4,19-21H,2-3,5-18H2,1H3;/q+1;-1. The van der Waals surface area contributed by atoms with Crippen molar-refractivity contribution in [3.8, 4) is 0 Å². The van der Waals surface area contributed by atoms with Crippen LogP contribution in [0.15, 0.2) is 25.3 Å². The molecule has 7 heteroatoms. The highest BCUT2D eigenvalue weighted by atomic mass is 19.5. The van der Waals surface area contributed by atoms with Crippen LogP contribution in [0.5, 0.6) is 0 Å². The lowest BCUT2D eigenvalue weighted by Gasteiger charge is -2.03. The van der Waals surface area contributed by atoms with E-state index in [-0.39, 0.29) is 0 Å². The van der Waals surface area contributed by atoms with Crippen molar-refractivity contribution in [1.82, 2.24) is 4.57 Å². The highest BCUT2D eigenvalue weighted by molar-refractivity contribution is 6.50. The van der Waals surface area contributed by atoms with Gasteiger partial charge in [0.25, 0.3) is 0 Å². The van der Waals surface area contributed by atoms with Crippen LogP contribution in [-0.4, -0.2) is 11.8 Å². The largest absolute Gasteiger partial charge is 0.673 e. The topological polar surface area (TPSA) is 8.81 Å². The molecule has 0 radical (unpaired) electrons. The predicted molar refractivity (Wildman–Crippen MR) is 112 cm³/mol. The van der Waals surface area contributed by atoms with Gasteiger partial charge >= 0.3 is 7.25 Å². The van der Waals surface area contributed by atoms with Gasteiger partial charge in [-0.1, -0.05) is 90.6 Å². The third kappa shape index (κ3) is 21.0. The monoisotopic (exact) mass is 406 g/mol. The van der Waals surface area contributed by atoms with E-state index in [0.717, 1.165) is 6.54 Å². The van der Waals surface area contributed by atoms with Crippen molar-refractivity contribution in [1.29, 1.82) is 0 Å². The zero-order valence-corrected chi connectivity index (χ0v) is 17.6. The first kappa shape index (κ1) is 26.7. The van der Waals surface area contributed by atoms with Gasteiger partial charge in [-0.2, -0.15) is 0 Å². The number of hydrogen-bond donors (Lipinski definition) is 0. The quantitative estimate of drug-likeness (QED) is 0.115. The van der Waals surface area contributed by atoms with Gasteiger partial charge in [-0.3, -0.25) is 0 Å². The van der Waals surface area contributed by atoms with Crippen molar-refractivity contribution in [3.63, 3.8) is 0 Å². The van der Waals surface area contributed by atoms with Crippen LogP contribution in [0.4, 0.5) is 17.3 Å². The van der Waals surface area contributed by atoms with Crippen LogP contribution < -0.4 is 4.57 Å². The maximum atomic E-state index is 9.75. The summed E-state index contributed by atoms with van der Waals surface area (Å²) in [5.41, 5.74) is 0. The lowest BCUT2D eigenvalue weighted by molar-refractivity contribution is -0.696. The average molecular weight is 406 g/mol. The zero-order chi connectivity index (χ0) is 21.1. The van der Waals surface area contributed by atoms with Crippen LogP contribution in [0.1, 0.15) is 96.8 Å². The van der Waals surface area contributed by atoms with Crippen molar-refractivity contribution in [2.45, 2.75) is 103 Å². The number of hydrogen-bond acceptors (Lipinski definition) is 0. The summed E-state index contributed by atoms with van der Waals surface area (Å²) in [6.07, 6.45) is 28.0. The Hall–Kier alpha value is -1.27. The SMILES string of the molecule is C=Cn1cc[n+](CCCCCCCCCCCCCCCC)c1.F[B-](F)(F)F. The molecule has 0 amide bonds. The van der Waals surface area contributed by atoms with Crippen molar-refractivity contribution < 1.29 is 21.8 Å². The molecule has 0 atom stereocenters. The first-order valence-corrected chi connectivity index (χ1v) is 10.9. The van der Waals surface area contributed by atoms with E-state index in [0.29, 0.717) is 0 Å². The molecule has 0 saturated carbocycles. The Morgan fingerprint density at radius 1 is 0.786 bits per heavy atom. The summed E-state index contributed by atoms with van der Waals surface area (Å²) < 4.78 is 43.3. The maximum Gasteiger partial charge on any atom is 0.673 e. The molecule has 0 fully saturated rings. The lowest BCUT2D eigenvalue weighted by Crippen LogP contribution is -2.30. The van der Waals surface area contributed by atoms with E-state index < -0.39 is 7.25 Å². The molecule has 0 aromatic carbocycles. The Morgan fingerprint density at radius 3 is 1.54 bits per heavy atom. The van der Waals surface area contributed by atoms with Gasteiger partial charge in [-0.25, -0.2) is 9.13 Å². The molecule has 0 aliphatic rings. The van der Waals surface area contributed by atoms with E-state index in [1.165, 1.54) is 89.9 Å². The van der Waals surface area contributed by atoms with Gasteiger partial charge in [-0.15, -0.1) is 0 Å². The fourth-order valence-electron chi connectivity index (χ4n) is 3.14. The molecule has 0 bridgehead atoms.